The third kappa shape index (κ3) is 2.40. The molecule has 3 nitrogen and oxygen atoms in total. The van der Waals surface area contributed by atoms with Crippen molar-refractivity contribution in [3.63, 3.8) is 0 Å². The zero-order chi connectivity index (χ0) is 13.2. The molecule has 2 aromatic rings. The zero-order valence-electron chi connectivity index (χ0n) is 10.9. The maximum atomic E-state index is 5.24. The van der Waals surface area contributed by atoms with Gasteiger partial charge in [-0.3, -0.25) is 0 Å². The fourth-order valence-electron chi connectivity index (χ4n) is 2.62. The van der Waals surface area contributed by atoms with Gasteiger partial charge in [-0.1, -0.05) is 0 Å². The summed E-state index contributed by atoms with van der Waals surface area (Å²) in [5.41, 5.74) is 4.72. The maximum Gasteiger partial charge on any atom is 0.197 e. The highest BCUT2D eigenvalue weighted by molar-refractivity contribution is 7.71. The molecule has 1 aromatic heterocycles. The van der Waals surface area contributed by atoms with E-state index in [2.05, 4.69) is 9.97 Å². The smallest absolute Gasteiger partial charge is 0.197 e. The second kappa shape index (κ2) is 5.13. The van der Waals surface area contributed by atoms with Gasteiger partial charge in [0.15, 0.2) is 4.77 Å². The van der Waals surface area contributed by atoms with Gasteiger partial charge in [-0.2, -0.15) is 0 Å². The van der Waals surface area contributed by atoms with E-state index in [1.54, 1.807) is 7.11 Å². The van der Waals surface area contributed by atoms with Crippen LogP contribution in [-0.4, -0.2) is 17.1 Å². The van der Waals surface area contributed by atoms with Crippen molar-refractivity contribution in [1.29, 1.82) is 0 Å². The minimum atomic E-state index is 0.575. The van der Waals surface area contributed by atoms with Gasteiger partial charge in [0.2, 0.25) is 0 Å². The Labute approximate surface area is 117 Å². The van der Waals surface area contributed by atoms with E-state index >= 15 is 0 Å². The standard InChI is InChI=1S/C15H16N2OS/c1-18-11-8-6-10(7-9-11)14-12-4-2-3-5-13(12)16-15(19)17-14/h6-9H,2-5H2,1H3,(H,16,17,19). The third-order valence-electron chi connectivity index (χ3n) is 3.59. The Kier molecular flexibility index (Phi) is 3.34. The molecule has 0 amide bonds. The van der Waals surface area contributed by atoms with Crippen LogP contribution in [0, 0.1) is 4.77 Å². The van der Waals surface area contributed by atoms with E-state index in [1.165, 1.54) is 24.1 Å². The van der Waals surface area contributed by atoms with Gasteiger partial charge in [-0.25, -0.2) is 4.98 Å². The molecule has 0 saturated carbocycles. The van der Waals surface area contributed by atoms with Crippen molar-refractivity contribution in [2.75, 3.05) is 7.11 Å². The Morgan fingerprint density at radius 2 is 1.89 bits per heavy atom. The summed E-state index contributed by atoms with van der Waals surface area (Å²) < 4.78 is 5.77. The minimum absolute atomic E-state index is 0.575. The Morgan fingerprint density at radius 3 is 2.63 bits per heavy atom. The molecule has 0 atom stereocenters. The SMILES string of the molecule is COc1ccc(-c2nc(=S)[nH]c3c2CCCC3)cc1. The summed E-state index contributed by atoms with van der Waals surface area (Å²) in [6.07, 6.45) is 4.60. The number of aromatic amines is 1. The van der Waals surface area contributed by atoms with Gasteiger partial charge >= 0.3 is 0 Å². The topological polar surface area (TPSA) is 37.9 Å². The van der Waals surface area contributed by atoms with Crippen LogP contribution in [-0.2, 0) is 12.8 Å². The highest BCUT2D eigenvalue weighted by Crippen LogP contribution is 2.29. The van der Waals surface area contributed by atoms with Gasteiger partial charge in [0.05, 0.1) is 12.8 Å². The lowest BCUT2D eigenvalue weighted by atomic mass is 9.92. The number of methoxy groups -OCH3 is 1. The van der Waals surface area contributed by atoms with Crippen LogP contribution in [0.5, 0.6) is 5.75 Å². The molecule has 0 bridgehead atoms. The Bertz CT molecular complexity index is 646. The summed E-state index contributed by atoms with van der Waals surface area (Å²) in [4.78, 5) is 7.77. The second-order valence-electron chi connectivity index (χ2n) is 4.78. The summed E-state index contributed by atoms with van der Waals surface area (Å²) in [5, 5.41) is 0. The molecule has 19 heavy (non-hydrogen) atoms. The number of fused-ring (bicyclic) bond motifs is 1. The van der Waals surface area contributed by atoms with Crippen LogP contribution in [0.1, 0.15) is 24.1 Å². The maximum absolute atomic E-state index is 5.24. The van der Waals surface area contributed by atoms with Crippen molar-refractivity contribution in [2.24, 2.45) is 0 Å². The number of H-pyrrole nitrogens is 1. The molecule has 0 unspecified atom stereocenters. The predicted octanol–water partition coefficient (Wildman–Crippen LogP) is 3.69. The molecular weight excluding hydrogens is 256 g/mol. The predicted molar refractivity (Wildman–Crippen MR) is 78.1 cm³/mol. The largest absolute Gasteiger partial charge is 0.497 e. The van der Waals surface area contributed by atoms with Crippen molar-refractivity contribution >= 4 is 12.2 Å². The first-order valence-corrected chi connectivity index (χ1v) is 6.95. The second-order valence-corrected chi connectivity index (χ2v) is 5.17. The minimum Gasteiger partial charge on any atom is -0.497 e. The van der Waals surface area contributed by atoms with Gasteiger partial charge in [0.1, 0.15) is 5.75 Å². The molecule has 0 saturated heterocycles. The highest BCUT2D eigenvalue weighted by Gasteiger charge is 2.16. The van der Waals surface area contributed by atoms with E-state index in [1.807, 2.05) is 24.3 Å². The van der Waals surface area contributed by atoms with Gasteiger partial charge in [-0.15, -0.1) is 0 Å². The quantitative estimate of drug-likeness (QED) is 0.847. The van der Waals surface area contributed by atoms with E-state index < -0.39 is 0 Å². The average Bonchev–Trinajstić information content (AvgIpc) is 2.46. The molecule has 4 heteroatoms. The first-order valence-electron chi connectivity index (χ1n) is 6.54. The fraction of sp³-hybridized carbons (Fsp3) is 0.333. The molecule has 98 valence electrons. The number of aromatic nitrogens is 2. The molecule has 1 aliphatic rings. The molecule has 1 N–H and O–H groups in total. The van der Waals surface area contributed by atoms with E-state index in [-0.39, 0.29) is 0 Å². The monoisotopic (exact) mass is 272 g/mol. The van der Waals surface area contributed by atoms with Crippen molar-refractivity contribution in [3.8, 4) is 17.0 Å². The number of nitrogens with one attached hydrogen (secondary N) is 1. The lowest BCUT2D eigenvalue weighted by Gasteiger charge is -2.18. The molecule has 3 rings (SSSR count). The summed E-state index contributed by atoms with van der Waals surface area (Å²) in [5.74, 6) is 0.860. The highest BCUT2D eigenvalue weighted by atomic mass is 32.1. The normalized spacial score (nSPS) is 13.9. The average molecular weight is 272 g/mol. The Hall–Kier alpha value is -1.68. The van der Waals surface area contributed by atoms with E-state index in [0.29, 0.717) is 4.77 Å². The molecule has 1 heterocycles. The van der Waals surface area contributed by atoms with Crippen LogP contribution < -0.4 is 4.74 Å². The number of nitrogens with zero attached hydrogens (tertiary/aromatic N) is 1. The summed E-state index contributed by atoms with van der Waals surface area (Å²) >= 11 is 5.24. The molecule has 0 spiro atoms. The Balaban J connectivity index is 2.12. The number of ether oxygens (including phenoxy) is 1. The van der Waals surface area contributed by atoms with Crippen LogP contribution in [0.25, 0.3) is 11.3 Å². The lowest BCUT2D eigenvalue weighted by molar-refractivity contribution is 0.415. The van der Waals surface area contributed by atoms with E-state index in [9.17, 15) is 0 Å². The molecule has 1 aliphatic carbocycles. The van der Waals surface area contributed by atoms with Crippen LogP contribution >= 0.6 is 12.2 Å². The van der Waals surface area contributed by atoms with Gasteiger partial charge in [-0.05, 0) is 67.7 Å². The van der Waals surface area contributed by atoms with E-state index in [0.717, 1.165) is 29.8 Å². The van der Waals surface area contributed by atoms with Gasteiger partial charge in [0, 0.05) is 11.3 Å². The molecule has 0 aliphatic heterocycles. The number of benzene rings is 1. The van der Waals surface area contributed by atoms with E-state index in [4.69, 9.17) is 17.0 Å². The number of rotatable bonds is 2. The fourth-order valence-corrected chi connectivity index (χ4v) is 2.83. The Morgan fingerprint density at radius 1 is 1.16 bits per heavy atom. The summed E-state index contributed by atoms with van der Waals surface area (Å²) in [6, 6.07) is 8.02. The first kappa shape index (κ1) is 12.4. The van der Waals surface area contributed by atoms with Crippen LogP contribution in [0.3, 0.4) is 0 Å². The molecular formula is C15H16N2OS. The lowest BCUT2D eigenvalue weighted by Crippen LogP contribution is -2.09. The number of hydrogen-bond donors (Lipinski definition) is 1. The molecule has 0 radical (unpaired) electrons. The van der Waals surface area contributed by atoms with Crippen LogP contribution in [0.2, 0.25) is 0 Å². The summed E-state index contributed by atoms with van der Waals surface area (Å²) in [6.45, 7) is 0. The summed E-state index contributed by atoms with van der Waals surface area (Å²) in [7, 11) is 1.67. The van der Waals surface area contributed by atoms with Crippen molar-refractivity contribution in [2.45, 2.75) is 25.7 Å². The third-order valence-corrected chi connectivity index (χ3v) is 3.78. The number of hydrogen-bond acceptors (Lipinski definition) is 3. The number of aryl methyl sites for hydroxylation is 1. The molecule has 0 fully saturated rings. The zero-order valence-corrected chi connectivity index (χ0v) is 11.7. The van der Waals surface area contributed by atoms with Gasteiger partial charge < -0.3 is 9.72 Å². The molecule has 1 aromatic carbocycles. The van der Waals surface area contributed by atoms with Crippen molar-refractivity contribution < 1.29 is 4.74 Å². The van der Waals surface area contributed by atoms with Crippen LogP contribution in [0.4, 0.5) is 0 Å². The van der Waals surface area contributed by atoms with Crippen LogP contribution in [0.15, 0.2) is 24.3 Å². The van der Waals surface area contributed by atoms with Gasteiger partial charge in [0.25, 0.3) is 0 Å². The van der Waals surface area contributed by atoms with Crippen molar-refractivity contribution in [3.05, 3.63) is 40.3 Å². The van der Waals surface area contributed by atoms with Crippen molar-refractivity contribution in [1.82, 2.24) is 9.97 Å². The first-order chi connectivity index (χ1) is 9.28.